The van der Waals surface area contributed by atoms with E-state index in [-0.39, 0.29) is 11.6 Å². The van der Waals surface area contributed by atoms with E-state index >= 15 is 0 Å². The largest absolute Gasteiger partial charge is 0.357 e. The number of anilines is 1. The number of nitriles is 1. The second kappa shape index (κ2) is 5.89. The summed E-state index contributed by atoms with van der Waals surface area (Å²) in [5.41, 5.74) is 1.28. The zero-order valence-corrected chi connectivity index (χ0v) is 12.9. The lowest BCUT2D eigenvalue weighted by atomic mass is 9.99. The van der Waals surface area contributed by atoms with Crippen LogP contribution in [-0.2, 0) is 0 Å². The van der Waals surface area contributed by atoms with E-state index in [0.717, 1.165) is 31.3 Å². The first-order valence-corrected chi connectivity index (χ1v) is 7.87. The van der Waals surface area contributed by atoms with Gasteiger partial charge in [0.25, 0.3) is 0 Å². The van der Waals surface area contributed by atoms with Crippen LogP contribution in [0.3, 0.4) is 0 Å². The molecule has 1 fully saturated rings. The molecule has 1 aliphatic heterocycles. The van der Waals surface area contributed by atoms with E-state index in [0.29, 0.717) is 17.2 Å². The van der Waals surface area contributed by atoms with Crippen molar-refractivity contribution in [1.82, 2.24) is 20.2 Å². The quantitative estimate of drug-likeness (QED) is 0.784. The molecule has 0 aliphatic carbocycles. The lowest BCUT2D eigenvalue weighted by Crippen LogP contribution is -2.33. The lowest BCUT2D eigenvalue weighted by molar-refractivity contribution is 0.485. The summed E-state index contributed by atoms with van der Waals surface area (Å²) in [6.45, 7) is 1.50. The molecule has 1 aliphatic rings. The number of hydrogen-bond acceptors (Lipinski definition) is 5. The third kappa shape index (κ3) is 2.46. The minimum Gasteiger partial charge on any atom is -0.357 e. The smallest absolute Gasteiger partial charge is 0.155 e. The van der Waals surface area contributed by atoms with Crippen LogP contribution in [0.25, 0.3) is 22.4 Å². The Morgan fingerprint density at radius 1 is 1.21 bits per heavy atom. The molecule has 3 aromatic rings. The van der Waals surface area contributed by atoms with Crippen LogP contribution in [0.4, 0.5) is 10.2 Å². The summed E-state index contributed by atoms with van der Waals surface area (Å²) in [7, 11) is 0. The molecule has 0 radical (unpaired) electrons. The third-order valence-corrected chi connectivity index (χ3v) is 4.39. The summed E-state index contributed by atoms with van der Waals surface area (Å²) in [6.07, 6.45) is 3.27. The molecular formula is C17H15FN6. The van der Waals surface area contributed by atoms with Gasteiger partial charge in [-0.25, -0.2) is 14.4 Å². The highest BCUT2D eigenvalue weighted by Gasteiger charge is 2.22. The zero-order chi connectivity index (χ0) is 16.5. The Morgan fingerprint density at radius 3 is 2.83 bits per heavy atom. The van der Waals surface area contributed by atoms with Gasteiger partial charge in [-0.1, -0.05) is 0 Å². The van der Waals surface area contributed by atoms with Gasteiger partial charge < -0.3 is 4.90 Å². The van der Waals surface area contributed by atoms with E-state index in [1.807, 2.05) is 6.07 Å². The topological polar surface area (TPSA) is 81.5 Å². The molecule has 0 spiro atoms. The Bertz CT molecular complexity index is 920. The SMILES string of the molecule is N#CC1CCN(c2ccc(F)c(-c3n[nH]c4ncccc34)n2)CC1. The van der Waals surface area contributed by atoms with Gasteiger partial charge in [0.15, 0.2) is 11.5 Å². The number of fused-ring (bicyclic) bond motifs is 1. The lowest BCUT2D eigenvalue weighted by Gasteiger charge is -2.30. The number of piperidine rings is 1. The molecule has 4 heterocycles. The molecule has 0 atom stereocenters. The van der Waals surface area contributed by atoms with Crippen molar-refractivity contribution < 1.29 is 4.39 Å². The van der Waals surface area contributed by atoms with E-state index < -0.39 is 5.82 Å². The van der Waals surface area contributed by atoms with Gasteiger partial charge in [-0.15, -0.1) is 0 Å². The maximum Gasteiger partial charge on any atom is 0.155 e. The first-order chi connectivity index (χ1) is 11.8. The number of H-pyrrole nitrogens is 1. The minimum absolute atomic E-state index is 0.0996. The van der Waals surface area contributed by atoms with Crippen LogP contribution in [0.5, 0.6) is 0 Å². The van der Waals surface area contributed by atoms with Crippen molar-refractivity contribution in [2.45, 2.75) is 12.8 Å². The zero-order valence-electron chi connectivity index (χ0n) is 12.9. The molecule has 6 nitrogen and oxygen atoms in total. The number of aromatic nitrogens is 4. The van der Waals surface area contributed by atoms with E-state index in [9.17, 15) is 4.39 Å². The molecule has 1 N–H and O–H groups in total. The fourth-order valence-electron chi connectivity index (χ4n) is 3.05. The molecule has 4 rings (SSSR count). The number of nitrogens with one attached hydrogen (secondary N) is 1. The predicted octanol–water partition coefficient (Wildman–Crippen LogP) is 2.90. The molecule has 7 heteroatoms. The van der Waals surface area contributed by atoms with Gasteiger partial charge in [-0.05, 0) is 37.1 Å². The van der Waals surface area contributed by atoms with Crippen molar-refractivity contribution >= 4 is 16.9 Å². The molecule has 1 saturated heterocycles. The van der Waals surface area contributed by atoms with E-state index in [4.69, 9.17) is 5.26 Å². The van der Waals surface area contributed by atoms with Gasteiger partial charge in [0.1, 0.15) is 17.2 Å². The molecule has 0 saturated carbocycles. The van der Waals surface area contributed by atoms with Gasteiger partial charge in [-0.3, -0.25) is 5.10 Å². The summed E-state index contributed by atoms with van der Waals surface area (Å²) in [5, 5.41) is 16.7. The van der Waals surface area contributed by atoms with Gasteiger partial charge >= 0.3 is 0 Å². The van der Waals surface area contributed by atoms with Crippen LogP contribution in [0, 0.1) is 23.1 Å². The fourth-order valence-corrected chi connectivity index (χ4v) is 3.05. The minimum atomic E-state index is -0.414. The number of hydrogen-bond donors (Lipinski definition) is 1. The molecule has 0 aromatic carbocycles. The fraction of sp³-hybridized carbons (Fsp3) is 0.294. The van der Waals surface area contributed by atoms with Crippen LogP contribution < -0.4 is 4.90 Å². The number of halogens is 1. The van der Waals surface area contributed by atoms with E-state index in [1.54, 1.807) is 18.3 Å². The van der Waals surface area contributed by atoms with Crippen LogP contribution in [0.2, 0.25) is 0 Å². The van der Waals surface area contributed by atoms with Gasteiger partial charge in [-0.2, -0.15) is 10.4 Å². The van der Waals surface area contributed by atoms with Crippen molar-refractivity contribution in [3.8, 4) is 17.5 Å². The van der Waals surface area contributed by atoms with Gasteiger partial charge in [0.2, 0.25) is 0 Å². The highest BCUT2D eigenvalue weighted by molar-refractivity contribution is 5.89. The molecule has 120 valence electrons. The van der Waals surface area contributed by atoms with Crippen molar-refractivity contribution in [3.63, 3.8) is 0 Å². The summed E-state index contributed by atoms with van der Waals surface area (Å²) < 4.78 is 14.3. The Morgan fingerprint density at radius 2 is 2.04 bits per heavy atom. The number of pyridine rings is 2. The summed E-state index contributed by atoms with van der Waals surface area (Å²) in [5.74, 6) is 0.397. The summed E-state index contributed by atoms with van der Waals surface area (Å²) in [6, 6.07) is 9.04. The monoisotopic (exact) mass is 322 g/mol. The Balaban J connectivity index is 1.71. The van der Waals surface area contributed by atoms with E-state index in [2.05, 4.69) is 31.1 Å². The molecule has 0 bridgehead atoms. The maximum atomic E-state index is 14.3. The number of nitrogens with zero attached hydrogens (tertiary/aromatic N) is 5. The van der Waals surface area contributed by atoms with Crippen LogP contribution in [0.15, 0.2) is 30.5 Å². The maximum absolute atomic E-state index is 14.3. The first-order valence-electron chi connectivity index (χ1n) is 7.87. The van der Waals surface area contributed by atoms with Gasteiger partial charge in [0.05, 0.1) is 6.07 Å². The third-order valence-electron chi connectivity index (χ3n) is 4.39. The average molecular weight is 322 g/mol. The number of aromatic amines is 1. The molecule has 3 aromatic heterocycles. The van der Waals surface area contributed by atoms with Crippen LogP contribution in [-0.4, -0.2) is 33.3 Å². The standard InChI is InChI=1S/C17H15FN6/c18-13-3-4-14(24-8-5-11(10-19)6-9-24)21-16(13)15-12-2-1-7-20-17(12)23-22-15/h1-4,7,11H,5-6,8-9H2,(H,20,22,23). The summed E-state index contributed by atoms with van der Waals surface area (Å²) in [4.78, 5) is 10.8. The second-order valence-electron chi connectivity index (χ2n) is 5.86. The highest BCUT2D eigenvalue weighted by atomic mass is 19.1. The van der Waals surface area contributed by atoms with Crippen LogP contribution >= 0.6 is 0 Å². The van der Waals surface area contributed by atoms with Crippen molar-refractivity contribution in [2.24, 2.45) is 5.92 Å². The van der Waals surface area contributed by atoms with Crippen molar-refractivity contribution in [3.05, 3.63) is 36.3 Å². The first kappa shape index (κ1) is 14.6. The highest BCUT2D eigenvalue weighted by Crippen LogP contribution is 2.29. The summed E-state index contributed by atoms with van der Waals surface area (Å²) >= 11 is 0. The molecule has 0 amide bonds. The van der Waals surface area contributed by atoms with E-state index in [1.165, 1.54) is 6.07 Å². The Hall–Kier alpha value is -3.01. The molecular weight excluding hydrogens is 307 g/mol. The molecule has 0 unspecified atom stereocenters. The Kier molecular flexibility index (Phi) is 3.58. The Labute approximate surface area is 138 Å². The van der Waals surface area contributed by atoms with Crippen molar-refractivity contribution in [2.75, 3.05) is 18.0 Å². The normalized spacial score (nSPS) is 15.6. The van der Waals surface area contributed by atoms with Crippen molar-refractivity contribution in [1.29, 1.82) is 5.26 Å². The number of rotatable bonds is 2. The average Bonchev–Trinajstić information content (AvgIpc) is 3.06. The van der Waals surface area contributed by atoms with Gasteiger partial charge in [0, 0.05) is 30.6 Å². The molecule has 24 heavy (non-hydrogen) atoms. The predicted molar refractivity (Wildman–Crippen MR) is 87.6 cm³/mol. The second-order valence-corrected chi connectivity index (χ2v) is 5.86. The van der Waals surface area contributed by atoms with Crippen LogP contribution in [0.1, 0.15) is 12.8 Å².